The molecule has 0 N–H and O–H groups in total. The van der Waals surface area contributed by atoms with Crippen molar-refractivity contribution in [3.8, 4) is 0 Å². The Morgan fingerprint density at radius 3 is 2.76 bits per heavy atom. The summed E-state index contributed by atoms with van der Waals surface area (Å²) in [6.07, 6.45) is 0. The topological polar surface area (TPSA) is 41.1 Å². The third-order valence-electron chi connectivity index (χ3n) is 4.95. The number of morpholine rings is 1. The molecule has 1 spiro atoms. The van der Waals surface area contributed by atoms with Crippen molar-refractivity contribution in [3.05, 3.63) is 29.6 Å². The Morgan fingerprint density at radius 1 is 1.16 bits per heavy atom. The van der Waals surface area contributed by atoms with Crippen LogP contribution < -0.4 is 0 Å². The second-order valence-corrected chi connectivity index (χ2v) is 7.64. The molecule has 2 saturated heterocycles. The van der Waals surface area contributed by atoms with Crippen molar-refractivity contribution in [3.63, 3.8) is 0 Å². The van der Waals surface area contributed by atoms with E-state index in [-0.39, 0.29) is 5.60 Å². The van der Waals surface area contributed by atoms with Gasteiger partial charge in [0.2, 0.25) is 0 Å². The van der Waals surface area contributed by atoms with Gasteiger partial charge in [0.05, 0.1) is 25.5 Å². The van der Waals surface area contributed by atoms with E-state index in [1.807, 2.05) is 13.0 Å². The molecular weight excluding hydrogens is 316 g/mol. The highest BCUT2D eigenvalue weighted by Crippen LogP contribution is 2.23. The van der Waals surface area contributed by atoms with Crippen LogP contribution >= 0.6 is 0 Å². The smallest absolute Gasteiger partial charge is 0.117 e. The fraction of sp³-hybridized carbons (Fsp3) is 0.737. The van der Waals surface area contributed by atoms with Gasteiger partial charge in [0.1, 0.15) is 5.60 Å². The van der Waals surface area contributed by atoms with E-state index >= 15 is 0 Å². The first-order chi connectivity index (χ1) is 12.0. The molecule has 6 nitrogen and oxygen atoms in total. The molecule has 1 atom stereocenters. The number of likely N-dealkylation sites (N-methyl/N-ethyl adjacent to an activating group) is 1. The van der Waals surface area contributed by atoms with Crippen LogP contribution in [0.1, 0.15) is 11.4 Å². The third kappa shape index (κ3) is 5.46. The van der Waals surface area contributed by atoms with Gasteiger partial charge >= 0.3 is 0 Å². The van der Waals surface area contributed by atoms with Crippen molar-refractivity contribution in [2.24, 2.45) is 0 Å². The minimum Gasteiger partial charge on any atom is -0.377 e. The summed E-state index contributed by atoms with van der Waals surface area (Å²) in [6, 6.07) is 6.25. The van der Waals surface area contributed by atoms with Crippen molar-refractivity contribution in [2.75, 3.05) is 73.2 Å². The fourth-order valence-electron chi connectivity index (χ4n) is 3.67. The summed E-state index contributed by atoms with van der Waals surface area (Å²) in [7, 11) is 4.25. The number of nitrogens with zero attached hydrogens (tertiary/aromatic N) is 4. The van der Waals surface area contributed by atoms with Crippen LogP contribution in [0.15, 0.2) is 18.2 Å². The molecular formula is C19H32N4O2. The molecule has 3 rings (SSSR count). The zero-order valence-corrected chi connectivity index (χ0v) is 15.9. The minimum atomic E-state index is -0.217. The Balaban J connectivity index is 1.63. The molecule has 0 unspecified atom stereocenters. The average Bonchev–Trinajstić information content (AvgIpc) is 2.75. The zero-order valence-electron chi connectivity index (χ0n) is 15.9. The molecule has 0 aliphatic carbocycles. The van der Waals surface area contributed by atoms with Crippen LogP contribution in [0.3, 0.4) is 0 Å². The normalized spacial score (nSPS) is 26.2. The predicted octanol–water partition coefficient (Wildman–Crippen LogP) is 0.855. The lowest BCUT2D eigenvalue weighted by atomic mass is 10.0. The highest BCUT2D eigenvalue weighted by atomic mass is 16.5. The number of aromatic nitrogens is 1. The highest BCUT2D eigenvalue weighted by molar-refractivity contribution is 5.10. The van der Waals surface area contributed by atoms with Crippen LogP contribution in [-0.4, -0.2) is 98.5 Å². The van der Waals surface area contributed by atoms with E-state index in [0.29, 0.717) is 6.61 Å². The van der Waals surface area contributed by atoms with Gasteiger partial charge in [-0.2, -0.15) is 0 Å². The van der Waals surface area contributed by atoms with Crippen molar-refractivity contribution in [1.82, 2.24) is 19.7 Å². The summed E-state index contributed by atoms with van der Waals surface area (Å²) in [5.41, 5.74) is 1.99. The molecule has 1 aromatic rings. The molecule has 0 bridgehead atoms. The second kappa shape index (κ2) is 8.56. The predicted molar refractivity (Wildman–Crippen MR) is 98.7 cm³/mol. The maximum Gasteiger partial charge on any atom is 0.117 e. The summed E-state index contributed by atoms with van der Waals surface area (Å²) in [5.74, 6) is 0. The van der Waals surface area contributed by atoms with Crippen LogP contribution in [0.5, 0.6) is 0 Å². The van der Waals surface area contributed by atoms with Gasteiger partial charge < -0.3 is 14.4 Å². The highest BCUT2D eigenvalue weighted by Gasteiger charge is 2.40. The first-order valence-electron chi connectivity index (χ1n) is 9.28. The van der Waals surface area contributed by atoms with Crippen LogP contribution in [0, 0.1) is 6.92 Å². The van der Waals surface area contributed by atoms with Gasteiger partial charge in [-0.25, -0.2) is 0 Å². The van der Waals surface area contributed by atoms with Crippen LogP contribution in [-0.2, 0) is 16.0 Å². The van der Waals surface area contributed by atoms with Gasteiger partial charge in [0, 0.05) is 51.5 Å². The van der Waals surface area contributed by atoms with Gasteiger partial charge in [-0.05, 0) is 33.2 Å². The van der Waals surface area contributed by atoms with Crippen LogP contribution in [0.4, 0.5) is 0 Å². The second-order valence-electron chi connectivity index (χ2n) is 7.64. The molecule has 6 heteroatoms. The molecule has 2 aliphatic heterocycles. The fourth-order valence-corrected chi connectivity index (χ4v) is 3.67. The lowest BCUT2D eigenvalue weighted by molar-refractivity contribution is -0.143. The maximum absolute atomic E-state index is 6.27. The Kier molecular flexibility index (Phi) is 6.41. The Hall–Kier alpha value is -1.05. The summed E-state index contributed by atoms with van der Waals surface area (Å²) in [5, 5.41) is 0. The number of rotatable bonds is 5. The number of hydrogen-bond acceptors (Lipinski definition) is 6. The van der Waals surface area contributed by atoms with Crippen LogP contribution in [0.2, 0.25) is 0 Å². The van der Waals surface area contributed by atoms with E-state index in [2.05, 4.69) is 45.9 Å². The third-order valence-corrected chi connectivity index (χ3v) is 4.95. The Labute approximate surface area is 151 Å². The van der Waals surface area contributed by atoms with Crippen molar-refractivity contribution < 1.29 is 9.47 Å². The molecule has 1 aromatic heterocycles. The first-order valence-corrected chi connectivity index (χ1v) is 9.28. The molecule has 2 fully saturated rings. The van der Waals surface area contributed by atoms with E-state index < -0.39 is 0 Å². The van der Waals surface area contributed by atoms with E-state index in [0.717, 1.165) is 70.4 Å². The zero-order chi connectivity index (χ0) is 17.7. The summed E-state index contributed by atoms with van der Waals surface area (Å²) in [4.78, 5) is 11.8. The Bertz CT molecular complexity index is 554. The lowest BCUT2D eigenvalue weighted by Crippen LogP contribution is -2.58. The van der Waals surface area contributed by atoms with Gasteiger partial charge in [0.15, 0.2) is 0 Å². The minimum absolute atomic E-state index is 0.217. The SMILES string of the molecule is Cc1cccc(CN2CCO[C@]3(COCCN(CCN(C)C)C3)C2)n1. The molecule has 3 heterocycles. The van der Waals surface area contributed by atoms with E-state index in [4.69, 9.17) is 9.47 Å². The Morgan fingerprint density at radius 2 is 1.96 bits per heavy atom. The maximum atomic E-state index is 6.27. The molecule has 0 aromatic carbocycles. The monoisotopic (exact) mass is 348 g/mol. The number of hydrogen-bond donors (Lipinski definition) is 0. The molecule has 25 heavy (non-hydrogen) atoms. The molecule has 0 amide bonds. The number of ether oxygens (including phenoxy) is 2. The lowest BCUT2D eigenvalue weighted by Gasteiger charge is -2.43. The summed E-state index contributed by atoms with van der Waals surface area (Å²) in [6.45, 7) is 11.1. The van der Waals surface area contributed by atoms with E-state index in [1.54, 1.807) is 0 Å². The van der Waals surface area contributed by atoms with Crippen LogP contribution in [0.25, 0.3) is 0 Å². The molecule has 2 aliphatic rings. The van der Waals surface area contributed by atoms with Gasteiger partial charge in [-0.3, -0.25) is 14.8 Å². The standard InChI is InChI=1S/C19H32N4O2/c1-17-5-4-6-18(20-17)13-23-10-12-25-19(15-23)14-22(8-7-21(2)3)9-11-24-16-19/h4-6H,7-16H2,1-3H3/t19-/m0/s1. The average molecular weight is 348 g/mol. The molecule has 140 valence electrons. The number of aryl methyl sites for hydroxylation is 1. The van der Waals surface area contributed by atoms with Gasteiger partial charge in [0.25, 0.3) is 0 Å². The molecule has 0 saturated carbocycles. The summed E-state index contributed by atoms with van der Waals surface area (Å²) >= 11 is 0. The van der Waals surface area contributed by atoms with Crippen molar-refractivity contribution >= 4 is 0 Å². The van der Waals surface area contributed by atoms with Gasteiger partial charge in [-0.15, -0.1) is 0 Å². The summed E-state index contributed by atoms with van der Waals surface area (Å²) < 4.78 is 12.2. The number of pyridine rings is 1. The van der Waals surface area contributed by atoms with Crippen molar-refractivity contribution in [1.29, 1.82) is 0 Å². The van der Waals surface area contributed by atoms with Gasteiger partial charge in [-0.1, -0.05) is 6.07 Å². The van der Waals surface area contributed by atoms with E-state index in [1.165, 1.54) is 0 Å². The van der Waals surface area contributed by atoms with E-state index in [9.17, 15) is 0 Å². The first kappa shape index (κ1) is 18.7. The largest absolute Gasteiger partial charge is 0.377 e. The van der Waals surface area contributed by atoms with Crippen molar-refractivity contribution in [2.45, 2.75) is 19.1 Å². The molecule has 0 radical (unpaired) electrons. The quantitative estimate of drug-likeness (QED) is 0.786.